The fourth-order valence-electron chi connectivity index (χ4n) is 2.67. The van der Waals surface area contributed by atoms with E-state index < -0.39 is 16.8 Å². The smallest absolute Gasteiger partial charge is 0.348 e. The first-order valence-electron chi connectivity index (χ1n) is 9.47. The molecule has 0 spiro atoms. The van der Waals surface area contributed by atoms with E-state index in [1.54, 1.807) is 13.0 Å². The third kappa shape index (κ3) is 6.18. The van der Waals surface area contributed by atoms with Gasteiger partial charge in [0.05, 0.1) is 27.1 Å². The first-order chi connectivity index (χ1) is 15.8. The lowest BCUT2D eigenvalue weighted by atomic mass is 10.2. The Labute approximate surface area is 197 Å². The zero-order chi connectivity index (χ0) is 24.0. The molecule has 0 aliphatic heterocycles. The van der Waals surface area contributed by atoms with Crippen LogP contribution >= 0.6 is 23.2 Å². The number of nitrogens with zero attached hydrogens (tertiary/aromatic N) is 2. The maximum Gasteiger partial charge on any atom is 0.348 e. The van der Waals surface area contributed by atoms with Crippen molar-refractivity contribution in [1.29, 1.82) is 0 Å². The quantitative estimate of drug-likeness (QED) is 0.176. The molecule has 33 heavy (non-hydrogen) atoms. The van der Waals surface area contributed by atoms with E-state index in [1.165, 1.54) is 54.6 Å². The first kappa shape index (κ1) is 24.0. The van der Waals surface area contributed by atoms with Gasteiger partial charge in [-0.05, 0) is 43.3 Å². The molecule has 0 radical (unpaired) electrons. The maximum atomic E-state index is 14.1. The molecule has 0 aromatic heterocycles. The summed E-state index contributed by atoms with van der Waals surface area (Å²) >= 11 is 12.5. The lowest BCUT2D eigenvalue weighted by molar-refractivity contribution is -0.384. The van der Waals surface area contributed by atoms with E-state index in [9.17, 15) is 19.3 Å². The number of anilines is 1. The summed E-state index contributed by atoms with van der Waals surface area (Å²) < 4.78 is 25.0. The second-order valence-electron chi connectivity index (χ2n) is 6.38. The van der Waals surface area contributed by atoms with Crippen LogP contribution in [-0.4, -0.2) is 23.5 Å². The fraction of sp³-hybridized carbons (Fsp3) is 0.0909. The van der Waals surface area contributed by atoms with Crippen molar-refractivity contribution in [2.45, 2.75) is 6.92 Å². The van der Waals surface area contributed by atoms with E-state index in [4.69, 9.17) is 32.7 Å². The van der Waals surface area contributed by atoms with Gasteiger partial charge in [0, 0.05) is 17.8 Å². The Hall–Kier alpha value is -3.69. The molecule has 0 fully saturated rings. The van der Waals surface area contributed by atoms with Crippen molar-refractivity contribution in [3.05, 3.63) is 92.2 Å². The van der Waals surface area contributed by atoms with Crippen molar-refractivity contribution in [2.75, 3.05) is 11.9 Å². The highest BCUT2D eigenvalue weighted by Gasteiger charge is 2.16. The van der Waals surface area contributed by atoms with Crippen molar-refractivity contribution < 1.29 is 23.6 Å². The van der Waals surface area contributed by atoms with Gasteiger partial charge < -0.3 is 14.8 Å². The molecule has 0 saturated carbocycles. The van der Waals surface area contributed by atoms with Crippen LogP contribution in [0.1, 0.15) is 12.5 Å². The molecule has 8 nitrogen and oxygen atoms in total. The number of ether oxygens (including phenoxy) is 2. The SMILES string of the molecule is CCO/C(=N\C(=O)Nc1cc(Cl)c(Oc2ccc([N+](=O)[O-])cc2)c(Cl)c1)c1ccccc1F. The van der Waals surface area contributed by atoms with Gasteiger partial charge >= 0.3 is 6.03 Å². The van der Waals surface area contributed by atoms with E-state index in [0.29, 0.717) is 0 Å². The monoisotopic (exact) mass is 491 g/mol. The molecule has 0 atom stereocenters. The fourth-order valence-corrected chi connectivity index (χ4v) is 3.23. The zero-order valence-electron chi connectivity index (χ0n) is 17.1. The number of amides is 2. The number of aliphatic imine (C=N–C) groups is 1. The summed E-state index contributed by atoms with van der Waals surface area (Å²) in [5.74, 6) is -0.396. The summed E-state index contributed by atoms with van der Waals surface area (Å²) in [6.45, 7) is 1.85. The van der Waals surface area contributed by atoms with Crippen LogP contribution < -0.4 is 10.1 Å². The molecule has 0 bridgehead atoms. The summed E-state index contributed by atoms with van der Waals surface area (Å²) in [6.07, 6.45) is 0. The van der Waals surface area contributed by atoms with E-state index in [2.05, 4.69) is 10.3 Å². The minimum atomic E-state index is -0.835. The topological polar surface area (TPSA) is 103 Å². The molecule has 1 N–H and O–H groups in total. The molecular weight excluding hydrogens is 476 g/mol. The minimum absolute atomic E-state index is 0.0393. The van der Waals surface area contributed by atoms with Crippen LogP contribution in [0.4, 0.5) is 20.6 Å². The first-order valence-corrected chi connectivity index (χ1v) is 10.2. The van der Waals surface area contributed by atoms with Crippen molar-refractivity contribution in [3.8, 4) is 11.5 Å². The Morgan fingerprint density at radius 1 is 1.12 bits per heavy atom. The highest BCUT2D eigenvalue weighted by molar-refractivity contribution is 6.37. The second kappa shape index (κ2) is 10.8. The van der Waals surface area contributed by atoms with Gasteiger partial charge in [-0.1, -0.05) is 35.3 Å². The van der Waals surface area contributed by atoms with Crippen LogP contribution in [0.25, 0.3) is 0 Å². The summed E-state index contributed by atoms with van der Waals surface area (Å²) in [6, 6.07) is 13.0. The van der Waals surface area contributed by atoms with Crippen LogP contribution in [0, 0.1) is 15.9 Å². The normalized spacial score (nSPS) is 11.1. The Kier molecular flexibility index (Phi) is 7.81. The number of hydrogen-bond donors (Lipinski definition) is 1. The molecular formula is C22H16Cl2FN3O5. The van der Waals surface area contributed by atoms with Crippen molar-refractivity contribution in [2.24, 2.45) is 4.99 Å². The molecule has 0 aliphatic carbocycles. The molecule has 0 saturated heterocycles. The zero-order valence-corrected chi connectivity index (χ0v) is 18.6. The molecule has 11 heteroatoms. The molecule has 0 aliphatic rings. The van der Waals surface area contributed by atoms with E-state index in [-0.39, 0.29) is 51.0 Å². The molecule has 3 aromatic carbocycles. The second-order valence-corrected chi connectivity index (χ2v) is 7.20. The van der Waals surface area contributed by atoms with Crippen LogP contribution in [0.15, 0.2) is 65.7 Å². The van der Waals surface area contributed by atoms with Crippen LogP contribution in [0.2, 0.25) is 10.0 Å². The largest absolute Gasteiger partial charge is 0.477 e. The number of benzene rings is 3. The standard InChI is InChI=1S/C22H16Cl2FN3O5/c1-2-32-21(16-5-3-4-6-19(16)25)27-22(29)26-13-11-17(23)20(18(24)12-13)33-15-9-7-14(8-10-15)28(30)31/h3-12H,2H2,1H3,(H,26,29)/b27-21-. The number of urea groups is 1. The van der Waals surface area contributed by atoms with Gasteiger partial charge in [-0.3, -0.25) is 10.1 Å². The minimum Gasteiger partial charge on any atom is -0.477 e. The van der Waals surface area contributed by atoms with Gasteiger partial charge in [0.1, 0.15) is 11.6 Å². The van der Waals surface area contributed by atoms with E-state index in [0.717, 1.165) is 0 Å². The summed E-state index contributed by atoms with van der Waals surface area (Å²) in [5.41, 5.74) is 0.150. The summed E-state index contributed by atoms with van der Waals surface area (Å²) in [5, 5.41) is 13.4. The van der Waals surface area contributed by atoms with Gasteiger partial charge in [0.15, 0.2) is 5.75 Å². The maximum absolute atomic E-state index is 14.1. The number of carbonyl (C=O) groups excluding carboxylic acids is 1. The number of carbonyl (C=O) groups is 1. The highest BCUT2D eigenvalue weighted by atomic mass is 35.5. The molecule has 0 heterocycles. The summed E-state index contributed by atoms with van der Waals surface area (Å²) in [7, 11) is 0. The molecule has 170 valence electrons. The summed E-state index contributed by atoms with van der Waals surface area (Å²) in [4.78, 5) is 26.4. The number of halogens is 3. The number of nitro benzene ring substituents is 1. The predicted octanol–water partition coefficient (Wildman–Crippen LogP) is 6.85. The Bertz CT molecular complexity index is 1200. The van der Waals surface area contributed by atoms with E-state index in [1.807, 2.05) is 0 Å². The molecule has 2 amide bonds. The van der Waals surface area contributed by atoms with Crippen LogP contribution in [0.5, 0.6) is 11.5 Å². The van der Waals surface area contributed by atoms with Gasteiger partial charge in [-0.25, -0.2) is 9.18 Å². The molecule has 3 rings (SSSR count). The number of nitrogens with one attached hydrogen (secondary N) is 1. The predicted molar refractivity (Wildman–Crippen MR) is 123 cm³/mol. The third-order valence-electron chi connectivity index (χ3n) is 4.11. The molecule has 3 aromatic rings. The highest BCUT2D eigenvalue weighted by Crippen LogP contribution is 2.39. The number of hydrogen-bond acceptors (Lipinski definition) is 5. The van der Waals surface area contributed by atoms with Crippen LogP contribution in [0.3, 0.4) is 0 Å². The van der Waals surface area contributed by atoms with Gasteiger partial charge in [0.2, 0.25) is 5.90 Å². The number of rotatable bonds is 6. The van der Waals surface area contributed by atoms with Crippen LogP contribution in [-0.2, 0) is 4.74 Å². The third-order valence-corrected chi connectivity index (χ3v) is 4.67. The van der Waals surface area contributed by atoms with Crippen molar-refractivity contribution >= 4 is 46.5 Å². The average Bonchev–Trinajstić information content (AvgIpc) is 2.76. The van der Waals surface area contributed by atoms with Gasteiger partial charge in [-0.15, -0.1) is 0 Å². The lowest BCUT2D eigenvalue weighted by Crippen LogP contribution is -2.15. The Balaban J connectivity index is 1.78. The van der Waals surface area contributed by atoms with Gasteiger partial charge in [-0.2, -0.15) is 4.99 Å². The van der Waals surface area contributed by atoms with E-state index >= 15 is 0 Å². The van der Waals surface area contributed by atoms with Crippen molar-refractivity contribution in [1.82, 2.24) is 0 Å². The van der Waals surface area contributed by atoms with Gasteiger partial charge in [0.25, 0.3) is 5.69 Å². The number of nitro groups is 1. The Morgan fingerprint density at radius 3 is 2.33 bits per heavy atom. The number of non-ortho nitro benzene ring substituents is 1. The lowest BCUT2D eigenvalue weighted by Gasteiger charge is -2.12. The Morgan fingerprint density at radius 2 is 1.76 bits per heavy atom. The average molecular weight is 492 g/mol. The van der Waals surface area contributed by atoms with Crippen molar-refractivity contribution in [3.63, 3.8) is 0 Å². The molecule has 0 unspecified atom stereocenters.